The van der Waals surface area contributed by atoms with E-state index in [9.17, 15) is 18.0 Å². The molecule has 1 rings (SSSR count). The average molecular weight is 286 g/mol. The van der Waals surface area contributed by atoms with Gasteiger partial charge in [0, 0.05) is 11.6 Å². The molecular weight excluding hydrogens is 272 g/mol. The van der Waals surface area contributed by atoms with Crippen molar-refractivity contribution in [3.63, 3.8) is 0 Å². The molecule has 0 saturated carbocycles. The summed E-state index contributed by atoms with van der Waals surface area (Å²) in [6.07, 6.45) is -0.321. The first-order valence-corrected chi connectivity index (χ1v) is 6.84. The second-order valence-corrected chi connectivity index (χ2v) is 5.72. The van der Waals surface area contributed by atoms with E-state index in [0.29, 0.717) is 0 Å². The molecule has 0 spiro atoms. The van der Waals surface area contributed by atoms with Gasteiger partial charge in [-0.2, -0.15) is 0 Å². The number of primary amides is 1. The number of rotatable bonds is 6. The third-order valence-electron chi connectivity index (χ3n) is 2.29. The van der Waals surface area contributed by atoms with Crippen molar-refractivity contribution in [3.8, 4) is 0 Å². The molecule has 7 nitrogen and oxygen atoms in total. The highest BCUT2D eigenvalue weighted by Crippen LogP contribution is 2.11. The van der Waals surface area contributed by atoms with Crippen LogP contribution in [0.3, 0.4) is 0 Å². The minimum Gasteiger partial charge on any atom is -0.481 e. The zero-order valence-corrected chi connectivity index (χ0v) is 11.0. The molecule has 1 amide bonds. The molecule has 0 aliphatic heterocycles. The number of benzene rings is 1. The Balaban J connectivity index is 2.88. The highest BCUT2D eigenvalue weighted by molar-refractivity contribution is 7.89. The topological polar surface area (TPSA) is 127 Å². The van der Waals surface area contributed by atoms with Crippen molar-refractivity contribution < 1.29 is 23.1 Å². The molecule has 8 heteroatoms. The van der Waals surface area contributed by atoms with Gasteiger partial charge in [0.05, 0.1) is 11.3 Å². The van der Waals surface area contributed by atoms with Crippen LogP contribution in [0.25, 0.3) is 0 Å². The van der Waals surface area contributed by atoms with Crippen LogP contribution in [-0.2, 0) is 14.8 Å². The van der Waals surface area contributed by atoms with E-state index >= 15 is 0 Å². The van der Waals surface area contributed by atoms with Crippen molar-refractivity contribution in [1.29, 1.82) is 0 Å². The Hall–Kier alpha value is -1.93. The number of carboxylic acids is 1. The molecule has 0 saturated heterocycles. The zero-order valence-electron chi connectivity index (χ0n) is 10.2. The summed E-state index contributed by atoms with van der Waals surface area (Å²) < 4.78 is 26.0. The Bertz CT molecular complexity index is 580. The monoisotopic (exact) mass is 286 g/mol. The Morgan fingerprint density at radius 3 is 2.26 bits per heavy atom. The van der Waals surface area contributed by atoms with Gasteiger partial charge in [-0.1, -0.05) is 0 Å². The van der Waals surface area contributed by atoms with Crippen LogP contribution < -0.4 is 10.5 Å². The van der Waals surface area contributed by atoms with E-state index < -0.39 is 27.9 Å². The average Bonchev–Trinajstić information content (AvgIpc) is 2.27. The van der Waals surface area contributed by atoms with Crippen molar-refractivity contribution in [2.45, 2.75) is 24.3 Å². The number of sulfonamides is 1. The van der Waals surface area contributed by atoms with Crippen LogP contribution in [0.4, 0.5) is 0 Å². The number of nitrogens with one attached hydrogen (secondary N) is 1. The molecule has 1 aromatic carbocycles. The van der Waals surface area contributed by atoms with Crippen LogP contribution in [-0.4, -0.2) is 31.4 Å². The second kappa shape index (κ2) is 5.81. The predicted molar refractivity (Wildman–Crippen MR) is 67.0 cm³/mol. The third kappa shape index (κ3) is 4.34. The lowest BCUT2D eigenvalue weighted by Crippen LogP contribution is -2.34. The van der Waals surface area contributed by atoms with Gasteiger partial charge in [-0.15, -0.1) is 0 Å². The van der Waals surface area contributed by atoms with E-state index in [0.717, 1.165) is 0 Å². The molecule has 0 heterocycles. The van der Waals surface area contributed by atoms with Crippen molar-refractivity contribution in [3.05, 3.63) is 29.8 Å². The second-order valence-electron chi connectivity index (χ2n) is 4.01. The normalized spacial score (nSPS) is 12.9. The predicted octanol–water partition coefficient (Wildman–Crippen LogP) is -0.0730. The van der Waals surface area contributed by atoms with Crippen LogP contribution in [0, 0.1) is 0 Å². The van der Waals surface area contributed by atoms with E-state index in [1.54, 1.807) is 0 Å². The molecule has 1 aromatic rings. The fourth-order valence-electron chi connectivity index (χ4n) is 1.43. The molecule has 104 valence electrons. The Kier molecular flexibility index (Phi) is 4.62. The molecule has 1 atom stereocenters. The quantitative estimate of drug-likeness (QED) is 0.674. The van der Waals surface area contributed by atoms with Crippen LogP contribution in [0.1, 0.15) is 23.7 Å². The Morgan fingerprint density at radius 1 is 1.32 bits per heavy atom. The number of carbonyl (C=O) groups is 2. The van der Waals surface area contributed by atoms with Crippen LogP contribution in [0.5, 0.6) is 0 Å². The first kappa shape index (κ1) is 15.1. The van der Waals surface area contributed by atoms with Crippen LogP contribution in [0.2, 0.25) is 0 Å². The van der Waals surface area contributed by atoms with Gasteiger partial charge in [0.25, 0.3) is 0 Å². The van der Waals surface area contributed by atoms with Crippen molar-refractivity contribution in [1.82, 2.24) is 4.72 Å². The molecule has 0 aliphatic carbocycles. The smallest absolute Gasteiger partial charge is 0.304 e. The highest BCUT2D eigenvalue weighted by Gasteiger charge is 2.19. The van der Waals surface area contributed by atoms with Crippen molar-refractivity contribution in [2.24, 2.45) is 5.73 Å². The van der Waals surface area contributed by atoms with E-state index in [1.165, 1.54) is 31.2 Å². The van der Waals surface area contributed by atoms with Gasteiger partial charge in [-0.25, -0.2) is 13.1 Å². The standard InChI is InChI=1S/C11H14N2O5S/c1-7(6-10(14)15)13-19(17,18)9-4-2-8(3-5-9)11(12)16/h2-5,7,13H,6H2,1H3,(H2,12,16)(H,14,15). The number of hydrogen-bond donors (Lipinski definition) is 3. The molecule has 19 heavy (non-hydrogen) atoms. The molecule has 1 unspecified atom stereocenters. The SMILES string of the molecule is CC(CC(=O)O)NS(=O)(=O)c1ccc(C(N)=O)cc1. The van der Waals surface area contributed by atoms with Gasteiger partial charge in [-0.05, 0) is 31.2 Å². The summed E-state index contributed by atoms with van der Waals surface area (Å²) >= 11 is 0. The van der Waals surface area contributed by atoms with E-state index in [4.69, 9.17) is 10.8 Å². The maximum absolute atomic E-state index is 11.9. The lowest BCUT2D eigenvalue weighted by molar-refractivity contribution is -0.137. The van der Waals surface area contributed by atoms with Crippen molar-refractivity contribution >= 4 is 21.9 Å². The van der Waals surface area contributed by atoms with E-state index in [1.807, 2.05) is 0 Å². The van der Waals surface area contributed by atoms with Gasteiger partial charge < -0.3 is 10.8 Å². The van der Waals surface area contributed by atoms with Crippen LogP contribution >= 0.6 is 0 Å². The molecule has 0 aromatic heterocycles. The number of aliphatic carboxylic acids is 1. The summed E-state index contributed by atoms with van der Waals surface area (Å²) in [5, 5.41) is 8.56. The molecule has 0 bridgehead atoms. The lowest BCUT2D eigenvalue weighted by atomic mass is 10.2. The highest BCUT2D eigenvalue weighted by atomic mass is 32.2. The van der Waals surface area contributed by atoms with Crippen LogP contribution in [0.15, 0.2) is 29.2 Å². The van der Waals surface area contributed by atoms with Gasteiger partial charge in [0.1, 0.15) is 0 Å². The Labute approximate surface area is 110 Å². The summed E-state index contributed by atoms with van der Waals surface area (Å²) in [5.41, 5.74) is 5.23. The number of hydrogen-bond acceptors (Lipinski definition) is 4. The van der Waals surface area contributed by atoms with Gasteiger partial charge in [0.15, 0.2) is 0 Å². The number of nitrogens with two attached hydrogens (primary N) is 1. The largest absolute Gasteiger partial charge is 0.481 e. The van der Waals surface area contributed by atoms with E-state index in [-0.39, 0.29) is 16.9 Å². The fraction of sp³-hybridized carbons (Fsp3) is 0.273. The number of carbonyl (C=O) groups excluding carboxylic acids is 1. The number of amides is 1. The van der Waals surface area contributed by atoms with Gasteiger partial charge >= 0.3 is 5.97 Å². The molecule has 0 aliphatic rings. The molecular formula is C11H14N2O5S. The summed E-state index contributed by atoms with van der Waals surface area (Å²) in [7, 11) is -3.81. The lowest BCUT2D eigenvalue weighted by Gasteiger charge is -2.12. The molecule has 0 fully saturated rings. The maximum Gasteiger partial charge on any atom is 0.304 e. The Morgan fingerprint density at radius 2 is 1.84 bits per heavy atom. The van der Waals surface area contributed by atoms with Gasteiger partial charge in [0.2, 0.25) is 15.9 Å². The van der Waals surface area contributed by atoms with Gasteiger partial charge in [-0.3, -0.25) is 9.59 Å². The summed E-state index contributed by atoms with van der Waals surface area (Å²) in [6.45, 7) is 1.45. The maximum atomic E-state index is 11.9. The third-order valence-corrected chi connectivity index (χ3v) is 3.89. The molecule has 4 N–H and O–H groups in total. The summed E-state index contributed by atoms with van der Waals surface area (Å²) in [4.78, 5) is 21.3. The first-order chi connectivity index (χ1) is 8.72. The molecule has 0 radical (unpaired) electrons. The zero-order chi connectivity index (χ0) is 14.6. The fourth-order valence-corrected chi connectivity index (χ4v) is 2.68. The summed E-state index contributed by atoms with van der Waals surface area (Å²) in [5.74, 6) is -1.75. The number of carboxylic acid groups (broad SMARTS) is 1. The summed E-state index contributed by atoms with van der Waals surface area (Å²) in [6, 6.07) is 4.31. The minimum absolute atomic E-state index is 0.0604. The first-order valence-electron chi connectivity index (χ1n) is 5.36. The minimum atomic E-state index is -3.81. The van der Waals surface area contributed by atoms with Crippen molar-refractivity contribution in [2.75, 3.05) is 0 Å². The van der Waals surface area contributed by atoms with E-state index in [2.05, 4.69) is 4.72 Å².